The Kier molecular flexibility index (Phi) is 2.84. The molecule has 0 radical (unpaired) electrons. The molecule has 1 atom stereocenters. The lowest BCUT2D eigenvalue weighted by Gasteiger charge is -2.13. The van der Waals surface area contributed by atoms with Crippen LogP contribution >= 0.6 is 11.3 Å². The molecular weight excluding hydrogens is 268 g/mol. The first-order valence-electron chi connectivity index (χ1n) is 6.66. The maximum Gasteiger partial charge on any atom is 0.105 e. The van der Waals surface area contributed by atoms with E-state index >= 15 is 0 Å². The minimum absolute atomic E-state index is 0.580. The van der Waals surface area contributed by atoms with Crippen LogP contribution in [0.4, 0.5) is 0 Å². The Hall–Kier alpha value is -1.68. The topological polar surface area (TPSA) is 29.5 Å². The maximum absolute atomic E-state index is 10.7. The predicted octanol–water partition coefficient (Wildman–Crippen LogP) is 4.01. The molecule has 0 saturated heterocycles. The van der Waals surface area contributed by atoms with Crippen LogP contribution in [0.2, 0.25) is 0 Å². The molecule has 1 aromatic heterocycles. The van der Waals surface area contributed by atoms with E-state index < -0.39 is 6.10 Å². The number of ether oxygens (including phenoxy) is 1. The Labute approximate surface area is 121 Å². The molecule has 2 nitrogen and oxygen atoms in total. The smallest absolute Gasteiger partial charge is 0.105 e. The van der Waals surface area contributed by atoms with Gasteiger partial charge in [-0.25, -0.2) is 0 Å². The van der Waals surface area contributed by atoms with Gasteiger partial charge in [0.25, 0.3) is 0 Å². The van der Waals surface area contributed by atoms with Crippen LogP contribution in [0.15, 0.2) is 47.8 Å². The van der Waals surface area contributed by atoms with Gasteiger partial charge in [0.2, 0.25) is 0 Å². The van der Waals surface area contributed by atoms with Gasteiger partial charge in [-0.3, -0.25) is 0 Å². The molecule has 0 saturated carbocycles. The van der Waals surface area contributed by atoms with E-state index in [0.717, 1.165) is 15.8 Å². The fourth-order valence-electron chi connectivity index (χ4n) is 2.77. The Morgan fingerprint density at radius 3 is 2.90 bits per heavy atom. The monoisotopic (exact) mass is 282 g/mol. The van der Waals surface area contributed by atoms with Crippen molar-refractivity contribution in [3.8, 4) is 0 Å². The van der Waals surface area contributed by atoms with Crippen molar-refractivity contribution < 1.29 is 9.84 Å². The standard InChI is InChI=1S/C17H14O2S/c18-16(12-4-5-13-9-19-10-14(13)8-12)15-3-1-2-11-6-7-20-17(11)15/h1-8,16,18H,9-10H2. The normalized spacial score (nSPS) is 15.4. The van der Waals surface area contributed by atoms with Crippen molar-refractivity contribution in [2.45, 2.75) is 19.3 Å². The van der Waals surface area contributed by atoms with Gasteiger partial charge in [-0.05, 0) is 33.5 Å². The second-order valence-corrected chi connectivity index (χ2v) is 6.03. The van der Waals surface area contributed by atoms with Gasteiger partial charge in [-0.1, -0.05) is 36.4 Å². The molecular formula is C17H14O2S. The van der Waals surface area contributed by atoms with Gasteiger partial charge in [-0.15, -0.1) is 11.3 Å². The first kappa shape index (κ1) is 12.1. The van der Waals surface area contributed by atoms with Gasteiger partial charge in [0.1, 0.15) is 6.10 Å². The van der Waals surface area contributed by atoms with E-state index in [1.807, 2.05) is 18.2 Å². The molecule has 0 amide bonds. The zero-order valence-electron chi connectivity index (χ0n) is 10.9. The lowest BCUT2D eigenvalue weighted by atomic mass is 9.97. The Balaban J connectivity index is 1.80. The van der Waals surface area contributed by atoms with Gasteiger partial charge >= 0.3 is 0 Å². The summed E-state index contributed by atoms with van der Waals surface area (Å²) in [4.78, 5) is 0. The summed E-state index contributed by atoms with van der Waals surface area (Å²) in [6, 6.07) is 14.3. The molecule has 20 heavy (non-hydrogen) atoms. The highest BCUT2D eigenvalue weighted by molar-refractivity contribution is 7.17. The Morgan fingerprint density at radius 2 is 1.95 bits per heavy atom. The van der Waals surface area contributed by atoms with Crippen LogP contribution in [0.1, 0.15) is 28.4 Å². The summed E-state index contributed by atoms with van der Waals surface area (Å²) in [5.74, 6) is 0. The highest BCUT2D eigenvalue weighted by atomic mass is 32.1. The quantitative estimate of drug-likeness (QED) is 0.769. The van der Waals surface area contributed by atoms with Crippen LogP contribution in [0.5, 0.6) is 0 Å². The zero-order chi connectivity index (χ0) is 13.5. The lowest BCUT2D eigenvalue weighted by Crippen LogP contribution is -2.00. The average Bonchev–Trinajstić information content (AvgIpc) is 3.13. The number of aliphatic hydroxyl groups is 1. The van der Waals surface area contributed by atoms with Crippen LogP contribution in [0.25, 0.3) is 10.1 Å². The van der Waals surface area contributed by atoms with Gasteiger partial charge in [-0.2, -0.15) is 0 Å². The molecule has 100 valence electrons. The van der Waals surface area contributed by atoms with Crippen molar-refractivity contribution in [1.82, 2.24) is 0 Å². The first-order chi connectivity index (χ1) is 9.83. The summed E-state index contributed by atoms with van der Waals surface area (Å²) < 4.78 is 6.60. The minimum atomic E-state index is -0.580. The zero-order valence-corrected chi connectivity index (χ0v) is 11.7. The van der Waals surface area contributed by atoms with Crippen LogP contribution < -0.4 is 0 Å². The number of thiophene rings is 1. The number of rotatable bonds is 2. The van der Waals surface area contributed by atoms with Gasteiger partial charge in [0, 0.05) is 10.3 Å². The molecule has 0 bridgehead atoms. The Bertz CT molecular complexity index is 776. The molecule has 3 heteroatoms. The van der Waals surface area contributed by atoms with Crippen molar-refractivity contribution in [1.29, 1.82) is 0 Å². The largest absolute Gasteiger partial charge is 0.384 e. The van der Waals surface area contributed by atoms with Crippen molar-refractivity contribution >= 4 is 21.4 Å². The van der Waals surface area contributed by atoms with Crippen LogP contribution in [0, 0.1) is 0 Å². The summed E-state index contributed by atoms with van der Waals surface area (Å²) in [6.45, 7) is 1.34. The summed E-state index contributed by atoms with van der Waals surface area (Å²) in [6.07, 6.45) is -0.580. The highest BCUT2D eigenvalue weighted by Gasteiger charge is 2.18. The van der Waals surface area contributed by atoms with Crippen molar-refractivity contribution in [3.05, 3.63) is 70.1 Å². The predicted molar refractivity (Wildman–Crippen MR) is 80.8 cm³/mol. The van der Waals surface area contributed by atoms with Crippen LogP contribution in [-0.2, 0) is 18.0 Å². The fourth-order valence-corrected chi connectivity index (χ4v) is 3.71. The van der Waals surface area contributed by atoms with Crippen molar-refractivity contribution in [3.63, 3.8) is 0 Å². The number of benzene rings is 2. The number of hydrogen-bond acceptors (Lipinski definition) is 3. The molecule has 3 aromatic rings. The van der Waals surface area contributed by atoms with Crippen molar-refractivity contribution in [2.75, 3.05) is 0 Å². The van der Waals surface area contributed by atoms with Crippen LogP contribution in [0.3, 0.4) is 0 Å². The van der Waals surface area contributed by atoms with E-state index in [-0.39, 0.29) is 0 Å². The van der Waals surface area contributed by atoms with E-state index in [9.17, 15) is 5.11 Å². The highest BCUT2D eigenvalue weighted by Crippen LogP contribution is 2.33. The van der Waals surface area contributed by atoms with E-state index in [0.29, 0.717) is 13.2 Å². The number of hydrogen-bond donors (Lipinski definition) is 1. The van der Waals surface area contributed by atoms with Gasteiger partial charge < -0.3 is 9.84 Å². The van der Waals surface area contributed by atoms with E-state index in [1.54, 1.807) is 11.3 Å². The third-order valence-corrected chi connectivity index (χ3v) is 4.84. The summed E-state index contributed by atoms with van der Waals surface area (Å²) >= 11 is 1.68. The Morgan fingerprint density at radius 1 is 1.05 bits per heavy atom. The summed E-state index contributed by atoms with van der Waals surface area (Å²) in [5.41, 5.74) is 4.35. The molecule has 2 aromatic carbocycles. The second kappa shape index (κ2) is 4.70. The number of aliphatic hydroxyl groups excluding tert-OH is 1. The molecule has 1 N–H and O–H groups in total. The van der Waals surface area contributed by atoms with Crippen molar-refractivity contribution in [2.24, 2.45) is 0 Å². The second-order valence-electron chi connectivity index (χ2n) is 5.11. The third kappa shape index (κ3) is 1.86. The molecule has 0 aliphatic carbocycles. The molecule has 1 aliphatic rings. The summed E-state index contributed by atoms with van der Waals surface area (Å²) in [7, 11) is 0. The first-order valence-corrected chi connectivity index (χ1v) is 7.54. The maximum atomic E-state index is 10.7. The summed E-state index contributed by atoms with van der Waals surface area (Å²) in [5, 5.41) is 14.0. The molecule has 1 unspecified atom stereocenters. The molecule has 1 aliphatic heterocycles. The third-order valence-electron chi connectivity index (χ3n) is 3.87. The lowest BCUT2D eigenvalue weighted by molar-refractivity contribution is 0.134. The molecule has 2 heterocycles. The minimum Gasteiger partial charge on any atom is -0.384 e. The molecule has 0 spiro atoms. The SMILES string of the molecule is OC(c1ccc2c(c1)COC2)c1cccc2ccsc12. The fraction of sp³-hybridized carbons (Fsp3) is 0.176. The molecule has 4 rings (SSSR count). The average molecular weight is 282 g/mol. The van der Waals surface area contributed by atoms with Gasteiger partial charge in [0.15, 0.2) is 0 Å². The molecule has 0 fully saturated rings. The van der Waals surface area contributed by atoms with E-state index in [2.05, 4.69) is 29.6 Å². The van der Waals surface area contributed by atoms with E-state index in [4.69, 9.17) is 4.74 Å². The van der Waals surface area contributed by atoms with Gasteiger partial charge in [0.05, 0.1) is 13.2 Å². The van der Waals surface area contributed by atoms with E-state index in [1.165, 1.54) is 16.5 Å². The van der Waals surface area contributed by atoms with Crippen LogP contribution in [-0.4, -0.2) is 5.11 Å². The number of fused-ring (bicyclic) bond motifs is 2.